The number of fused-ring (bicyclic) bond motifs is 1. The number of ether oxygens (including phenoxy) is 4. The third kappa shape index (κ3) is 7.36. The molecule has 3 aromatic carbocycles. The fraction of sp³-hybridized carbons (Fsp3) is 0.303. The van der Waals surface area contributed by atoms with Crippen LogP contribution in [0.4, 0.5) is 5.69 Å². The lowest BCUT2D eigenvalue weighted by Crippen LogP contribution is -2.34. The van der Waals surface area contributed by atoms with E-state index in [1.807, 2.05) is 24.3 Å². The first kappa shape index (κ1) is 28.9. The van der Waals surface area contributed by atoms with Gasteiger partial charge in [0.1, 0.15) is 23.6 Å². The van der Waals surface area contributed by atoms with Crippen molar-refractivity contribution in [2.24, 2.45) is 5.73 Å². The molecule has 9 nitrogen and oxygen atoms in total. The number of rotatable bonds is 12. The van der Waals surface area contributed by atoms with Gasteiger partial charge in [-0.05, 0) is 87.1 Å². The van der Waals surface area contributed by atoms with Crippen molar-refractivity contribution in [3.05, 3.63) is 84.6 Å². The van der Waals surface area contributed by atoms with Gasteiger partial charge in [-0.1, -0.05) is 18.2 Å². The van der Waals surface area contributed by atoms with Crippen LogP contribution in [0.25, 0.3) is 10.9 Å². The Kier molecular flexibility index (Phi) is 9.51. The highest BCUT2D eigenvalue weighted by Crippen LogP contribution is 2.37. The van der Waals surface area contributed by atoms with E-state index in [9.17, 15) is 9.59 Å². The summed E-state index contributed by atoms with van der Waals surface area (Å²) >= 11 is 0. The van der Waals surface area contributed by atoms with Crippen LogP contribution in [0.2, 0.25) is 0 Å². The van der Waals surface area contributed by atoms with E-state index in [4.69, 9.17) is 24.7 Å². The van der Waals surface area contributed by atoms with Crippen molar-refractivity contribution in [3.63, 3.8) is 0 Å². The molecule has 0 saturated heterocycles. The Morgan fingerprint density at radius 3 is 2.48 bits per heavy atom. The number of carbonyl (C=O) groups excluding carboxylic acids is 2. The fourth-order valence-electron chi connectivity index (χ4n) is 4.88. The number of carbonyl (C=O) groups is 2. The quantitative estimate of drug-likeness (QED) is 0.151. The van der Waals surface area contributed by atoms with E-state index in [-0.39, 0.29) is 18.0 Å². The van der Waals surface area contributed by atoms with Crippen molar-refractivity contribution >= 4 is 28.5 Å². The Hall–Kier alpha value is -4.63. The Balaban J connectivity index is 1.19. The monoisotopic (exact) mass is 569 g/mol. The van der Waals surface area contributed by atoms with E-state index in [2.05, 4.69) is 10.3 Å². The average Bonchev–Trinajstić information content (AvgIpc) is 3.53. The van der Waals surface area contributed by atoms with Gasteiger partial charge in [0.25, 0.3) is 5.91 Å². The summed E-state index contributed by atoms with van der Waals surface area (Å²) in [6.07, 6.45) is 6.76. The van der Waals surface area contributed by atoms with Crippen LogP contribution in [0.15, 0.2) is 79.0 Å². The average molecular weight is 570 g/mol. The standard InChI is InChI=1S/C33H35N3O6/c1-39-30-20-26-28(21-31(30)40-19-7-12-27(34)33(38)42-24-10-5-6-11-24)35-18-17-29(26)41-25-15-13-23(14-16-25)36-32(37)22-8-3-2-4-9-22/h2-4,8-9,13-18,20-21,24,27H,5-7,10-12,19,34H2,1H3,(H,36,37)/t27-/m0/s1. The molecule has 9 heteroatoms. The molecule has 4 aromatic rings. The number of pyridine rings is 1. The highest BCUT2D eigenvalue weighted by Gasteiger charge is 2.23. The van der Waals surface area contributed by atoms with Crippen LogP contribution in [0, 0.1) is 0 Å². The van der Waals surface area contributed by atoms with Gasteiger partial charge in [-0.15, -0.1) is 0 Å². The molecule has 0 spiro atoms. The molecule has 1 aliphatic rings. The number of hydrogen-bond acceptors (Lipinski definition) is 8. The maximum absolute atomic E-state index is 12.4. The summed E-state index contributed by atoms with van der Waals surface area (Å²) in [6.45, 7) is 0.357. The molecule has 5 rings (SSSR count). The molecule has 1 saturated carbocycles. The highest BCUT2D eigenvalue weighted by atomic mass is 16.5. The summed E-state index contributed by atoms with van der Waals surface area (Å²) in [5.41, 5.74) is 7.96. The molecule has 1 aliphatic carbocycles. The topological polar surface area (TPSA) is 122 Å². The van der Waals surface area contributed by atoms with Crippen molar-refractivity contribution in [3.8, 4) is 23.0 Å². The van der Waals surface area contributed by atoms with Gasteiger partial charge in [-0.2, -0.15) is 0 Å². The SMILES string of the molecule is COc1cc2c(Oc3ccc(NC(=O)c4ccccc4)cc3)ccnc2cc1OCCC[C@H](N)C(=O)OC1CCCC1. The summed E-state index contributed by atoms with van der Waals surface area (Å²) in [4.78, 5) is 29.1. The van der Waals surface area contributed by atoms with Crippen molar-refractivity contribution in [1.82, 2.24) is 4.98 Å². The molecule has 1 fully saturated rings. The maximum Gasteiger partial charge on any atom is 0.323 e. The second kappa shape index (κ2) is 13.8. The van der Waals surface area contributed by atoms with Crippen LogP contribution in [0.3, 0.4) is 0 Å². The molecule has 3 N–H and O–H groups in total. The number of nitrogens with two attached hydrogens (primary N) is 1. The summed E-state index contributed by atoms with van der Waals surface area (Å²) in [5, 5.41) is 3.63. The lowest BCUT2D eigenvalue weighted by atomic mass is 10.1. The minimum absolute atomic E-state index is 0.00926. The minimum Gasteiger partial charge on any atom is -0.493 e. The van der Waals surface area contributed by atoms with Crippen molar-refractivity contribution < 1.29 is 28.5 Å². The van der Waals surface area contributed by atoms with Crippen LogP contribution < -0.4 is 25.3 Å². The van der Waals surface area contributed by atoms with Gasteiger partial charge < -0.3 is 30.0 Å². The zero-order chi connectivity index (χ0) is 29.3. The third-order valence-electron chi connectivity index (χ3n) is 7.17. The zero-order valence-corrected chi connectivity index (χ0v) is 23.6. The number of nitrogens with one attached hydrogen (secondary N) is 1. The van der Waals surface area contributed by atoms with E-state index in [1.165, 1.54) is 0 Å². The first-order valence-corrected chi connectivity index (χ1v) is 14.2. The van der Waals surface area contributed by atoms with E-state index in [1.54, 1.807) is 61.8 Å². The number of esters is 1. The van der Waals surface area contributed by atoms with Crippen molar-refractivity contribution in [1.29, 1.82) is 0 Å². The van der Waals surface area contributed by atoms with Crippen LogP contribution in [0.1, 0.15) is 48.9 Å². The first-order chi connectivity index (χ1) is 20.5. The zero-order valence-electron chi connectivity index (χ0n) is 23.6. The molecule has 42 heavy (non-hydrogen) atoms. The number of anilines is 1. The molecule has 0 aliphatic heterocycles. The Bertz CT molecular complexity index is 1500. The smallest absolute Gasteiger partial charge is 0.323 e. The van der Waals surface area contributed by atoms with Gasteiger partial charge in [-0.3, -0.25) is 14.6 Å². The van der Waals surface area contributed by atoms with Gasteiger partial charge in [0.2, 0.25) is 0 Å². The predicted molar refractivity (Wildman–Crippen MR) is 160 cm³/mol. The van der Waals surface area contributed by atoms with Crippen LogP contribution in [0.5, 0.6) is 23.0 Å². The number of amides is 1. The van der Waals surface area contributed by atoms with Crippen LogP contribution in [-0.4, -0.2) is 42.7 Å². The number of aromatic nitrogens is 1. The van der Waals surface area contributed by atoms with Crippen molar-refractivity contribution in [2.75, 3.05) is 19.0 Å². The fourth-order valence-corrected chi connectivity index (χ4v) is 4.88. The van der Waals surface area contributed by atoms with Gasteiger partial charge in [0, 0.05) is 28.9 Å². The number of nitrogens with zero attached hydrogens (tertiary/aromatic N) is 1. The Morgan fingerprint density at radius 2 is 1.74 bits per heavy atom. The van der Waals surface area contributed by atoms with Crippen LogP contribution in [-0.2, 0) is 9.53 Å². The lowest BCUT2D eigenvalue weighted by Gasteiger charge is -2.16. The van der Waals surface area contributed by atoms with E-state index < -0.39 is 6.04 Å². The highest BCUT2D eigenvalue weighted by molar-refractivity contribution is 6.04. The molecule has 1 heterocycles. The summed E-state index contributed by atoms with van der Waals surface area (Å²) in [7, 11) is 1.57. The first-order valence-electron chi connectivity index (χ1n) is 14.2. The predicted octanol–water partition coefficient (Wildman–Crippen LogP) is 6.26. The molecule has 218 valence electrons. The van der Waals surface area contributed by atoms with Gasteiger partial charge in [0.15, 0.2) is 11.5 Å². The number of benzene rings is 3. The second-order valence-electron chi connectivity index (χ2n) is 10.2. The Morgan fingerprint density at radius 1 is 0.976 bits per heavy atom. The normalized spacial score (nSPS) is 13.9. The summed E-state index contributed by atoms with van der Waals surface area (Å²) < 4.78 is 23.2. The molecule has 0 unspecified atom stereocenters. The molecule has 1 atom stereocenters. The van der Waals surface area contributed by atoms with Crippen LogP contribution >= 0.6 is 0 Å². The van der Waals surface area contributed by atoms with Gasteiger partial charge in [0.05, 0.1) is 19.2 Å². The third-order valence-corrected chi connectivity index (χ3v) is 7.17. The molecular formula is C33H35N3O6. The summed E-state index contributed by atoms with van der Waals surface area (Å²) in [6, 6.07) is 20.9. The second-order valence-corrected chi connectivity index (χ2v) is 10.2. The number of hydrogen-bond donors (Lipinski definition) is 2. The van der Waals surface area contributed by atoms with E-state index in [0.29, 0.717) is 59.2 Å². The lowest BCUT2D eigenvalue weighted by molar-refractivity contribution is -0.150. The van der Waals surface area contributed by atoms with Gasteiger partial charge in [-0.25, -0.2) is 0 Å². The minimum atomic E-state index is -0.664. The molecular weight excluding hydrogens is 534 g/mol. The largest absolute Gasteiger partial charge is 0.493 e. The van der Waals surface area contributed by atoms with E-state index >= 15 is 0 Å². The van der Waals surface area contributed by atoms with Gasteiger partial charge >= 0.3 is 5.97 Å². The molecule has 1 amide bonds. The molecule has 0 radical (unpaired) electrons. The maximum atomic E-state index is 12.4. The number of methoxy groups -OCH3 is 1. The molecule has 1 aromatic heterocycles. The molecule has 0 bridgehead atoms. The summed E-state index contributed by atoms with van der Waals surface area (Å²) in [5.74, 6) is 1.74. The van der Waals surface area contributed by atoms with Crippen molar-refractivity contribution in [2.45, 2.75) is 50.7 Å². The Labute approximate surface area is 244 Å². The van der Waals surface area contributed by atoms with E-state index in [0.717, 1.165) is 31.1 Å².